The van der Waals surface area contributed by atoms with Crippen molar-refractivity contribution in [3.8, 4) is 0 Å². The molecule has 0 aliphatic heterocycles. The number of nitrogens with one attached hydrogen (secondary N) is 2. The van der Waals surface area contributed by atoms with E-state index >= 15 is 0 Å². The minimum absolute atomic E-state index is 0.205. The molecule has 0 saturated carbocycles. The second-order valence-electron chi connectivity index (χ2n) is 4.17. The number of ether oxygens (including phenoxy) is 1. The first kappa shape index (κ1) is 15.4. The van der Waals surface area contributed by atoms with Gasteiger partial charge in [0.05, 0.1) is 12.4 Å². The van der Waals surface area contributed by atoms with Gasteiger partial charge in [0.25, 0.3) is 5.91 Å². The first-order valence-electron chi connectivity index (χ1n) is 6.61. The number of amides is 1. The molecule has 1 aromatic rings. The monoisotopic (exact) mass is 266 g/mol. The number of unbranched alkanes of at least 4 members (excludes halogenated alkanes) is 1. The molecular weight excluding hydrogens is 244 g/mol. The zero-order chi connectivity index (χ0) is 13.9. The van der Waals surface area contributed by atoms with Crippen molar-refractivity contribution in [2.45, 2.75) is 26.2 Å². The molecule has 6 heteroatoms. The lowest BCUT2D eigenvalue weighted by Gasteiger charge is -2.06. The number of carbonyl (C=O) groups is 1. The van der Waals surface area contributed by atoms with E-state index in [1.165, 1.54) is 6.20 Å². The molecule has 0 aliphatic carbocycles. The number of hydrogen-bond acceptors (Lipinski definition) is 5. The van der Waals surface area contributed by atoms with Crippen LogP contribution in [0, 0.1) is 0 Å². The largest absolute Gasteiger partial charge is 0.385 e. The van der Waals surface area contributed by atoms with Crippen LogP contribution in [-0.4, -0.2) is 42.7 Å². The van der Waals surface area contributed by atoms with Crippen LogP contribution in [0.2, 0.25) is 0 Å². The normalized spacial score (nSPS) is 10.2. The number of rotatable bonds is 9. The lowest BCUT2D eigenvalue weighted by Crippen LogP contribution is -2.26. The van der Waals surface area contributed by atoms with Crippen LogP contribution in [0.1, 0.15) is 36.7 Å². The molecule has 6 nitrogen and oxygen atoms in total. The number of aromatic nitrogens is 2. The molecule has 0 radical (unpaired) electrons. The van der Waals surface area contributed by atoms with Crippen LogP contribution in [0.4, 0.5) is 5.82 Å². The van der Waals surface area contributed by atoms with Crippen LogP contribution < -0.4 is 10.6 Å². The second-order valence-corrected chi connectivity index (χ2v) is 4.17. The number of methoxy groups -OCH3 is 1. The van der Waals surface area contributed by atoms with Gasteiger partial charge in [0, 0.05) is 26.8 Å². The van der Waals surface area contributed by atoms with Crippen LogP contribution in [0.5, 0.6) is 0 Å². The number of nitrogens with zero attached hydrogens (tertiary/aromatic N) is 2. The summed E-state index contributed by atoms with van der Waals surface area (Å²) in [5.74, 6) is 0.494. The van der Waals surface area contributed by atoms with Gasteiger partial charge in [-0.15, -0.1) is 0 Å². The van der Waals surface area contributed by atoms with Crippen LogP contribution in [0.15, 0.2) is 12.4 Å². The summed E-state index contributed by atoms with van der Waals surface area (Å²) in [4.78, 5) is 19.9. The molecule has 2 N–H and O–H groups in total. The van der Waals surface area contributed by atoms with Gasteiger partial charge in [-0.25, -0.2) is 9.97 Å². The average molecular weight is 266 g/mol. The Morgan fingerprint density at radius 2 is 2.11 bits per heavy atom. The van der Waals surface area contributed by atoms with E-state index in [9.17, 15) is 4.79 Å². The smallest absolute Gasteiger partial charge is 0.271 e. The van der Waals surface area contributed by atoms with Crippen molar-refractivity contribution in [1.29, 1.82) is 0 Å². The Morgan fingerprint density at radius 1 is 1.26 bits per heavy atom. The molecule has 0 unspecified atom stereocenters. The van der Waals surface area contributed by atoms with Crippen molar-refractivity contribution < 1.29 is 9.53 Å². The molecule has 0 fully saturated rings. The molecule has 0 spiro atoms. The predicted molar refractivity (Wildman–Crippen MR) is 74.3 cm³/mol. The van der Waals surface area contributed by atoms with E-state index in [-0.39, 0.29) is 5.91 Å². The molecule has 1 heterocycles. The fourth-order valence-electron chi connectivity index (χ4n) is 1.44. The third-order valence-electron chi connectivity index (χ3n) is 2.53. The zero-order valence-corrected chi connectivity index (χ0v) is 11.6. The van der Waals surface area contributed by atoms with Crippen molar-refractivity contribution in [1.82, 2.24) is 15.3 Å². The first-order chi connectivity index (χ1) is 9.27. The highest BCUT2D eigenvalue weighted by atomic mass is 16.5. The molecule has 1 rings (SSSR count). The Balaban J connectivity index is 2.35. The fourth-order valence-corrected chi connectivity index (χ4v) is 1.44. The van der Waals surface area contributed by atoms with Crippen molar-refractivity contribution in [2.24, 2.45) is 0 Å². The number of carbonyl (C=O) groups excluding carboxylic acids is 1. The summed E-state index contributed by atoms with van der Waals surface area (Å²) in [6, 6.07) is 0. The van der Waals surface area contributed by atoms with E-state index in [0.29, 0.717) is 24.7 Å². The molecule has 106 valence electrons. The van der Waals surface area contributed by atoms with Gasteiger partial charge in [0.2, 0.25) is 0 Å². The van der Waals surface area contributed by atoms with E-state index in [2.05, 4.69) is 27.5 Å². The van der Waals surface area contributed by atoms with Gasteiger partial charge in [0.1, 0.15) is 11.5 Å². The molecule has 1 aromatic heterocycles. The summed E-state index contributed by atoms with van der Waals surface area (Å²) in [7, 11) is 1.64. The molecule has 0 aliphatic rings. The third kappa shape index (κ3) is 6.15. The van der Waals surface area contributed by atoms with E-state index in [0.717, 1.165) is 25.8 Å². The highest BCUT2D eigenvalue weighted by Gasteiger charge is 2.06. The minimum atomic E-state index is -0.205. The summed E-state index contributed by atoms with van der Waals surface area (Å²) >= 11 is 0. The SMILES string of the molecule is CCCCNc1cnc(C(=O)NCCCOC)cn1. The van der Waals surface area contributed by atoms with Crippen molar-refractivity contribution >= 4 is 11.7 Å². The van der Waals surface area contributed by atoms with Crippen LogP contribution in [-0.2, 0) is 4.74 Å². The molecule has 0 bridgehead atoms. The van der Waals surface area contributed by atoms with Gasteiger partial charge >= 0.3 is 0 Å². The molecule has 0 saturated heterocycles. The van der Waals surface area contributed by atoms with Gasteiger partial charge in [0.15, 0.2) is 0 Å². The Labute approximate surface area is 114 Å². The standard InChI is InChI=1S/C13H22N4O2/c1-3-4-6-14-12-10-16-11(9-17-12)13(18)15-7-5-8-19-2/h9-10H,3-8H2,1-2H3,(H,14,17)(H,15,18). The highest BCUT2D eigenvalue weighted by Crippen LogP contribution is 2.01. The first-order valence-corrected chi connectivity index (χ1v) is 6.61. The van der Waals surface area contributed by atoms with Gasteiger partial charge in [-0.05, 0) is 12.8 Å². The molecule has 1 amide bonds. The van der Waals surface area contributed by atoms with E-state index in [4.69, 9.17) is 4.74 Å². The Kier molecular flexibility index (Phi) is 7.50. The predicted octanol–water partition coefficient (Wildman–Crippen LogP) is 1.45. The summed E-state index contributed by atoms with van der Waals surface area (Å²) in [6.45, 7) is 4.20. The summed E-state index contributed by atoms with van der Waals surface area (Å²) in [5.41, 5.74) is 0.332. The van der Waals surface area contributed by atoms with E-state index < -0.39 is 0 Å². The highest BCUT2D eigenvalue weighted by molar-refractivity contribution is 5.91. The van der Waals surface area contributed by atoms with Crippen molar-refractivity contribution in [2.75, 3.05) is 32.1 Å². The molecule has 0 aromatic carbocycles. The van der Waals surface area contributed by atoms with Gasteiger partial charge < -0.3 is 15.4 Å². The van der Waals surface area contributed by atoms with E-state index in [1.54, 1.807) is 13.3 Å². The van der Waals surface area contributed by atoms with Gasteiger partial charge in [-0.2, -0.15) is 0 Å². The second kappa shape index (κ2) is 9.27. The minimum Gasteiger partial charge on any atom is -0.385 e. The van der Waals surface area contributed by atoms with Gasteiger partial charge in [-0.3, -0.25) is 4.79 Å². The van der Waals surface area contributed by atoms with Crippen molar-refractivity contribution in [3.05, 3.63) is 18.1 Å². The number of anilines is 1. The molecule has 19 heavy (non-hydrogen) atoms. The maximum absolute atomic E-state index is 11.7. The van der Waals surface area contributed by atoms with Crippen LogP contribution >= 0.6 is 0 Å². The third-order valence-corrected chi connectivity index (χ3v) is 2.53. The topological polar surface area (TPSA) is 76.1 Å². The maximum Gasteiger partial charge on any atom is 0.271 e. The Bertz CT molecular complexity index is 367. The lowest BCUT2D eigenvalue weighted by atomic mass is 10.3. The molecular formula is C13H22N4O2. The Hall–Kier alpha value is -1.69. The average Bonchev–Trinajstić information content (AvgIpc) is 2.44. The summed E-state index contributed by atoms with van der Waals surface area (Å²) in [5, 5.41) is 5.91. The van der Waals surface area contributed by atoms with Gasteiger partial charge in [-0.1, -0.05) is 13.3 Å². The quantitative estimate of drug-likeness (QED) is 0.662. The van der Waals surface area contributed by atoms with Crippen LogP contribution in [0.3, 0.4) is 0 Å². The van der Waals surface area contributed by atoms with Crippen LogP contribution in [0.25, 0.3) is 0 Å². The fraction of sp³-hybridized carbons (Fsp3) is 0.615. The Morgan fingerprint density at radius 3 is 2.74 bits per heavy atom. The molecule has 0 atom stereocenters. The summed E-state index contributed by atoms with van der Waals surface area (Å²) in [6.07, 6.45) is 6.07. The zero-order valence-electron chi connectivity index (χ0n) is 11.6. The lowest BCUT2D eigenvalue weighted by molar-refractivity contribution is 0.0943. The van der Waals surface area contributed by atoms with Crippen molar-refractivity contribution in [3.63, 3.8) is 0 Å². The van der Waals surface area contributed by atoms with E-state index in [1.807, 2.05) is 0 Å². The maximum atomic E-state index is 11.7. The summed E-state index contributed by atoms with van der Waals surface area (Å²) < 4.78 is 4.90. The number of hydrogen-bond donors (Lipinski definition) is 2.